The Labute approximate surface area is 129 Å². The van der Waals surface area contributed by atoms with Gasteiger partial charge in [-0.15, -0.1) is 0 Å². The maximum Gasteiger partial charge on any atom is 0.433 e. The number of nitrogens with zero attached hydrogens (tertiary/aromatic N) is 4. The number of alkyl halides is 3. The molecule has 1 aliphatic rings. The van der Waals surface area contributed by atoms with Crippen molar-refractivity contribution in [3.05, 3.63) is 41.6 Å². The first-order valence-electron chi connectivity index (χ1n) is 6.81. The molecule has 0 N–H and O–H groups in total. The number of anilines is 1. The van der Waals surface area contributed by atoms with E-state index in [-0.39, 0.29) is 17.9 Å². The van der Waals surface area contributed by atoms with E-state index >= 15 is 0 Å². The second-order valence-corrected chi connectivity index (χ2v) is 5.02. The van der Waals surface area contributed by atoms with E-state index in [1.54, 1.807) is 17.3 Å². The average molecular weight is 326 g/mol. The molecule has 0 unspecified atom stereocenters. The van der Waals surface area contributed by atoms with Crippen molar-refractivity contribution in [1.82, 2.24) is 14.5 Å². The minimum Gasteiger partial charge on any atom is -0.465 e. The Hall–Kier alpha value is -2.58. The van der Waals surface area contributed by atoms with Gasteiger partial charge in [-0.1, -0.05) is 0 Å². The number of halogens is 3. The Bertz CT molecular complexity index is 742. The van der Waals surface area contributed by atoms with Crippen LogP contribution < -0.4 is 4.90 Å². The Morgan fingerprint density at radius 3 is 2.78 bits per heavy atom. The molecule has 23 heavy (non-hydrogen) atoms. The van der Waals surface area contributed by atoms with Crippen molar-refractivity contribution < 1.29 is 22.7 Å². The van der Waals surface area contributed by atoms with Crippen LogP contribution in [-0.4, -0.2) is 34.2 Å². The molecule has 0 spiro atoms. The molecule has 2 aromatic heterocycles. The number of rotatable bonds is 2. The molecule has 9 heteroatoms. The van der Waals surface area contributed by atoms with Crippen LogP contribution in [0.5, 0.6) is 0 Å². The molecule has 0 saturated heterocycles. The highest BCUT2D eigenvalue weighted by Gasteiger charge is 2.35. The van der Waals surface area contributed by atoms with Crippen molar-refractivity contribution in [3.63, 3.8) is 0 Å². The molecule has 0 fully saturated rings. The molecule has 0 saturated carbocycles. The number of methoxy groups -OCH3 is 1. The minimum absolute atomic E-state index is 0.000469. The van der Waals surface area contributed by atoms with Gasteiger partial charge in [-0.05, 0) is 12.1 Å². The van der Waals surface area contributed by atoms with Crippen LogP contribution in [0.15, 0.2) is 24.5 Å². The van der Waals surface area contributed by atoms with Gasteiger partial charge in [-0.2, -0.15) is 13.2 Å². The molecule has 3 heterocycles. The van der Waals surface area contributed by atoms with Gasteiger partial charge in [0.2, 0.25) is 0 Å². The predicted molar refractivity (Wildman–Crippen MR) is 73.9 cm³/mol. The Kier molecular flexibility index (Phi) is 3.70. The van der Waals surface area contributed by atoms with Crippen LogP contribution in [0.4, 0.5) is 19.0 Å². The topological polar surface area (TPSA) is 60.2 Å². The zero-order valence-corrected chi connectivity index (χ0v) is 12.2. The molecular formula is C14H13F3N4O2. The van der Waals surface area contributed by atoms with Gasteiger partial charge in [-0.3, -0.25) is 0 Å². The van der Waals surface area contributed by atoms with Crippen LogP contribution in [-0.2, 0) is 24.0 Å². The number of ether oxygens (including phenoxy) is 1. The van der Waals surface area contributed by atoms with Gasteiger partial charge >= 0.3 is 12.1 Å². The summed E-state index contributed by atoms with van der Waals surface area (Å²) in [6, 6.07) is 1.87. The molecular weight excluding hydrogens is 313 g/mol. The molecule has 6 nitrogen and oxygen atoms in total. The van der Waals surface area contributed by atoms with Gasteiger partial charge in [0, 0.05) is 25.5 Å². The summed E-state index contributed by atoms with van der Waals surface area (Å²) in [5.41, 5.74) is -1.05. The third-order valence-electron chi connectivity index (χ3n) is 3.62. The fourth-order valence-corrected chi connectivity index (χ4v) is 2.47. The molecule has 0 aromatic carbocycles. The van der Waals surface area contributed by atoms with Gasteiger partial charge in [0.25, 0.3) is 0 Å². The second kappa shape index (κ2) is 5.56. The lowest BCUT2D eigenvalue weighted by atomic mass is 10.2. The van der Waals surface area contributed by atoms with Crippen LogP contribution in [0, 0.1) is 0 Å². The number of carbonyl (C=O) groups excluding carboxylic acids is 1. The van der Waals surface area contributed by atoms with Crippen LogP contribution in [0.1, 0.15) is 21.9 Å². The van der Waals surface area contributed by atoms with Crippen molar-refractivity contribution in [2.45, 2.75) is 19.3 Å². The summed E-state index contributed by atoms with van der Waals surface area (Å²) in [5.74, 6) is -0.0673. The van der Waals surface area contributed by atoms with Crippen molar-refractivity contribution in [2.75, 3.05) is 18.6 Å². The van der Waals surface area contributed by atoms with Crippen molar-refractivity contribution >= 4 is 11.8 Å². The van der Waals surface area contributed by atoms with Gasteiger partial charge in [0.15, 0.2) is 0 Å². The molecule has 2 aromatic rings. The summed E-state index contributed by atoms with van der Waals surface area (Å²) in [7, 11) is 1.17. The fraction of sp³-hybridized carbons (Fsp3) is 0.357. The predicted octanol–water partition coefficient (Wildman–Crippen LogP) is 2.10. The summed E-state index contributed by atoms with van der Waals surface area (Å²) >= 11 is 0. The van der Waals surface area contributed by atoms with E-state index in [0.29, 0.717) is 18.9 Å². The van der Waals surface area contributed by atoms with E-state index in [1.165, 1.54) is 7.11 Å². The third kappa shape index (κ3) is 2.86. The summed E-state index contributed by atoms with van der Waals surface area (Å²) < 4.78 is 45.3. The van der Waals surface area contributed by atoms with Gasteiger partial charge < -0.3 is 14.2 Å². The summed E-state index contributed by atoms with van der Waals surface area (Å²) in [6.07, 6.45) is -1.16. The van der Waals surface area contributed by atoms with Crippen LogP contribution in [0.25, 0.3) is 0 Å². The number of hydrogen-bond donors (Lipinski definition) is 0. The number of fused-ring (bicyclic) bond motifs is 1. The summed E-state index contributed by atoms with van der Waals surface area (Å²) in [6.45, 7) is 1.24. The highest BCUT2D eigenvalue weighted by molar-refractivity contribution is 5.94. The minimum atomic E-state index is -4.59. The average Bonchev–Trinajstić information content (AvgIpc) is 3.00. The zero-order valence-electron chi connectivity index (χ0n) is 12.2. The Morgan fingerprint density at radius 2 is 2.09 bits per heavy atom. The molecule has 3 rings (SSSR count). The lowest BCUT2D eigenvalue weighted by Gasteiger charge is -2.30. The summed E-state index contributed by atoms with van der Waals surface area (Å²) in [4.78, 5) is 21.3. The van der Waals surface area contributed by atoms with Crippen molar-refractivity contribution in [3.8, 4) is 0 Å². The number of aromatic nitrogens is 3. The number of pyridine rings is 1. The van der Waals surface area contributed by atoms with Crippen LogP contribution in [0.2, 0.25) is 0 Å². The molecule has 0 aliphatic carbocycles. The maximum atomic E-state index is 12.9. The van der Waals surface area contributed by atoms with Crippen LogP contribution >= 0.6 is 0 Å². The molecule has 122 valence electrons. The normalized spacial score (nSPS) is 14.5. The monoisotopic (exact) mass is 326 g/mol. The van der Waals surface area contributed by atoms with E-state index in [1.807, 2.05) is 4.57 Å². The van der Waals surface area contributed by atoms with E-state index in [9.17, 15) is 18.0 Å². The first-order valence-corrected chi connectivity index (χ1v) is 6.81. The largest absolute Gasteiger partial charge is 0.465 e. The lowest BCUT2D eigenvalue weighted by molar-refractivity contribution is -0.141. The standard InChI is InChI=1S/C14H13F3N4O2/c1-23-13(22)9-2-3-10(14(15,16)17)19-12(9)21-7-6-20-5-4-18-11(20)8-21/h2-5H,6-8H2,1H3. The third-order valence-corrected chi connectivity index (χ3v) is 3.62. The summed E-state index contributed by atoms with van der Waals surface area (Å²) in [5, 5.41) is 0. The smallest absolute Gasteiger partial charge is 0.433 e. The number of esters is 1. The molecule has 0 amide bonds. The van der Waals surface area contributed by atoms with Gasteiger partial charge in [0.1, 0.15) is 22.9 Å². The SMILES string of the molecule is COC(=O)c1ccc(C(F)(F)F)nc1N1CCn2ccnc2C1. The van der Waals surface area contributed by atoms with E-state index in [0.717, 1.165) is 12.1 Å². The quantitative estimate of drug-likeness (QED) is 0.791. The second-order valence-electron chi connectivity index (χ2n) is 5.02. The van der Waals surface area contributed by atoms with E-state index in [2.05, 4.69) is 14.7 Å². The highest BCUT2D eigenvalue weighted by atomic mass is 19.4. The Balaban J connectivity index is 2.03. The number of hydrogen-bond acceptors (Lipinski definition) is 5. The number of carbonyl (C=O) groups is 1. The van der Waals surface area contributed by atoms with Gasteiger partial charge in [-0.25, -0.2) is 14.8 Å². The van der Waals surface area contributed by atoms with Crippen LogP contribution in [0.3, 0.4) is 0 Å². The first kappa shape index (κ1) is 15.3. The molecule has 0 radical (unpaired) electrons. The zero-order chi connectivity index (χ0) is 16.6. The lowest BCUT2D eigenvalue weighted by Crippen LogP contribution is -2.35. The first-order chi connectivity index (χ1) is 10.9. The Morgan fingerprint density at radius 1 is 1.30 bits per heavy atom. The molecule has 0 atom stereocenters. The van der Waals surface area contributed by atoms with E-state index < -0.39 is 17.8 Å². The van der Waals surface area contributed by atoms with Crippen molar-refractivity contribution in [2.24, 2.45) is 0 Å². The highest BCUT2D eigenvalue weighted by Crippen LogP contribution is 2.31. The van der Waals surface area contributed by atoms with Gasteiger partial charge in [0.05, 0.1) is 13.7 Å². The number of imidazole rings is 1. The van der Waals surface area contributed by atoms with Crippen molar-refractivity contribution in [1.29, 1.82) is 0 Å². The molecule has 0 bridgehead atoms. The van der Waals surface area contributed by atoms with E-state index in [4.69, 9.17) is 0 Å². The molecule has 1 aliphatic heterocycles. The maximum absolute atomic E-state index is 12.9. The fourth-order valence-electron chi connectivity index (χ4n) is 2.47.